The topological polar surface area (TPSA) is 84.6 Å². The van der Waals surface area contributed by atoms with Gasteiger partial charge in [0.1, 0.15) is 0 Å². The van der Waals surface area contributed by atoms with Crippen LogP contribution in [-0.4, -0.2) is 17.0 Å². The molecule has 22 heavy (non-hydrogen) atoms. The van der Waals surface area contributed by atoms with E-state index in [1.54, 1.807) is 18.2 Å². The van der Waals surface area contributed by atoms with Crippen LogP contribution in [0.25, 0.3) is 0 Å². The van der Waals surface area contributed by atoms with Gasteiger partial charge in [0.05, 0.1) is 17.6 Å². The highest BCUT2D eigenvalue weighted by molar-refractivity contribution is 14.1. The van der Waals surface area contributed by atoms with Crippen molar-refractivity contribution in [3.05, 3.63) is 73.3 Å². The van der Waals surface area contributed by atoms with Gasteiger partial charge in [-0.15, -0.1) is 0 Å². The molecule has 2 aromatic carbocycles. The van der Waals surface area contributed by atoms with Gasteiger partial charge in [0, 0.05) is 15.2 Å². The van der Waals surface area contributed by atoms with Crippen LogP contribution in [0.5, 0.6) is 0 Å². The highest BCUT2D eigenvalue weighted by atomic mass is 127. The molecular formula is C15H12IN3O3. The van der Waals surface area contributed by atoms with Gasteiger partial charge < -0.3 is 0 Å². The van der Waals surface area contributed by atoms with E-state index in [-0.39, 0.29) is 12.1 Å². The molecule has 1 N–H and O–H groups in total. The fourth-order valence-corrected chi connectivity index (χ4v) is 2.14. The summed E-state index contributed by atoms with van der Waals surface area (Å²) in [7, 11) is 0. The number of halogens is 1. The van der Waals surface area contributed by atoms with Gasteiger partial charge in [0.25, 0.3) is 5.69 Å². The summed E-state index contributed by atoms with van der Waals surface area (Å²) in [6.07, 6.45) is 1.43. The maximum Gasteiger partial charge on any atom is 0.273 e. The van der Waals surface area contributed by atoms with Gasteiger partial charge in [-0.25, -0.2) is 5.43 Å². The average molecular weight is 409 g/mol. The monoisotopic (exact) mass is 409 g/mol. The molecule has 2 aromatic rings. The fourth-order valence-electron chi connectivity index (χ4n) is 1.78. The van der Waals surface area contributed by atoms with Crippen LogP contribution in [0.1, 0.15) is 11.1 Å². The van der Waals surface area contributed by atoms with E-state index in [9.17, 15) is 14.9 Å². The quantitative estimate of drug-likeness (QED) is 0.357. The molecule has 6 nitrogen and oxygen atoms in total. The predicted molar refractivity (Wildman–Crippen MR) is 91.7 cm³/mol. The lowest BCUT2D eigenvalue weighted by molar-refractivity contribution is -0.385. The SMILES string of the molecule is O=C(Cc1ccccc1[N+](=O)[O-])NN=Cc1ccc(I)cc1. The number of para-hydroxylation sites is 1. The van der Waals surface area contributed by atoms with Crippen LogP contribution in [-0.2, 0) is 11.2 Å². The summed E-state index contributed by atoms with van der Waals surface area (Å²) in [6.45, 7) is 0. The first-order valence-electron chi connectivity index (χ1n) is 6.36. The number of carbonyl (C=O) groups is 1. The molecule has 0 spiro atoms. The highest BCUT2D eigenvalue weighted by Crippen LogP contribution is 2.17. The number of nitro groups is 1. The van der Waals surface area contributed by atoms with E-state index in [1.165, 1.54) is 12.3 Å². The Hall–Kier alpha value is -2.29. The Morgan fingerprint density at radius 2 is 1.91 bits per heavy atom. The minimum Gasteiger partial charge on any atom is -0.273 e. The average Bonchev–Trinajstić information content (AvgIpc) is 2.49. The first-order chi connectivity index (χ1) is 10.6. The largest absolute Gasteiger partial charge is 0.273 e. The summed E-state index contributed by atoms with van der Waals surface area (Å²) in [5, 5.41) is 14.7. The maximum atomic E-state index is 11.8. The number of hydrazone groups is 1. The molecule has 0 bridgehead atoms. The number of nitrogens with one attached hydrogen (secondary N) is 1. The molecule has 1 amide bonds. The number of rotatable bonds is 5. The number of nitrogens with zero attached hydrogens (tertiary/aromatic N) is 2. The third-order valence-electron chi connectivity index (χ3n) is 2.81. The lowest BCUT2D eigenvalue weighted by Gasteiger charge is -2.01. The summed E-state index contributed by atoms with van der Waals surface area (Å²) in [4.78, 5) is 22.2. The Balaban J connectivity index is 1.96. The van der Waals surface area contributed by atoms with Gasteiger partial charge in [-0.05, 0) is 40.3 Å². The van der Waals surface area contributed by atoms with Crippen molar-refractivity contribution in [2.75, 3.05) is 0 Å². The van der Waals surface area contributed by atoms with Gasteiger partial charge in [0.15, 0.2) is 0 Å². The molecule has 0 atom stereocenters. The number of amides is 1. The first kappa shape index (κ1) is 16.1. The van der Waals surface area contributed by atoms with Gasteiger partial charge in [0.2, 0.25) is 5.91 Å². The van der Waals surface area contributed by atoms with Crippen molar-refractivity contribution >= 4 is 40.4 Å². The third kappa shape index (κ3) is 4.62. The van der Waals surface area contributed by atoms with Crippen LogP contribution in [0.4, 0.5) is 5.69 Å². The van der Waals surface area contributed by atoms with Gasteiger partial charge in [-0.3, -0.25) is 14.9 Å². The number of nitro benzene ring substituents is 1. The zero-order valence-corrected chi connectivity index (χ0v) is 13.6. The molecule has 0 aliphatic rings. The zero-order chi connectivity index (χ0) is 15.9. The van der Waals surface area contributed by atoms with Crippen LogP contribution in [0, 0.1) is 13.7 Å². The molecule has 2 rings (SSSR count). The minimum absolute atomic E-state index is 0.0701. The molecular weight excluding hydrogens is 397 g/mol. The van der Waals surface area contributed by atoms with Crippen molar-refractivity contribution in [1.82, 2.24) is 5.43 Å². The highest BCUT2D eigenvalue weighted by Gasteiger charge is 2.14. The molecule has 0 saturated heterocycles. The van der Waals surface area contributed by atoms with Crippen molar-refractivity contribution in [3.63, 3.8) is 0 Å². The second kappa shape index (κ2) is 7.64. The number of hydrogen-bond acceptors (Lipinski definition) is 4. The first-order valence-corrected chi connectivity index (χ1v) is 7.44. The second-order valence-electron chi connectivity index (χ2n) is 4.41. The van der Waals surface area contributed by atoms with E-state index in [2.05, 4.69) is 33.1 Å². The number of benzene rings is 2. The zero-order valence-electron chi connectivity index (χ0n) is 11.4. The van der Waals surface area contributed by atoms with E-state index < -0.39 is 10.8 Å². The summed E-state index contributed by atoms with van der Waals surface area (Å²) in [5.74, 6) is -0.406. The van der Waals surface area contributed by atoms with Crippen LogP contribution in [0.15, 0.2) is 53.6 Å². The molecule has 0 radical (unpaired) electrons. The van der Waals surface area contributed by atoms with Crippen molar-refractivity contribution in [3.8, 4) is 0 Å². The summed E-state index contributed by atoms with van der Waals surface area (Å²) in [5.41, 5.74) is 3.51. The van der Waals surface area contributed by atoms with E-state index in [0.29, 0.717) is 5.56 Å². The van der Waals surface area contributed by atoms with Crippen molar-refractivity contribution in [2.45, 2.75) is 6.42 Å². The maximum absolute atomic E-state index is 11.8. The van der Waals surface area contributed by atoms with E-state index in [0.717, 1.165) is 9.13 Å². The van der Waals surface area contributed by atoms with E-state index in [4.69, 9.17) is 0 Å². The van der Waals surface area contributed by atoms with Crippen LogP contribution in [0.2, 0.25) is 0 Å². The molecule has 0 aliphatic carbocycles. The lowest BCUT2D eigenvalue weighted by Crippen LogP contribution is -2.20. The summed E-state index contributed by atoms with van der Waals surface area (Å²) >= 11 is 2.20. The van der Waals surface area contributed by atoms with Crippen molar-refractivity contribution in [2.24, 2.45) is 5.10 Å². The Bertz CT molecular complexity index is 714. The van der Waals surface area contributed by atoms with Crippen LogP contribution in [0.3, 0.4) is 0 Å². The Morgan fingerprint density at radius 3 is 2.59 bits per heavy atom. The lowest BCUT2D eigenvalue weighted by atomic mass is 10.1. The molecule has 0 aromatic heterocycles. The Labute approximate surface area is 140 Å². The smallest absolute Gasteiger partial charge is 0.273 e. The number of carbonyl (C=O) groups excluding carboxylic acids is 1. The summed E-state index contributed by atoms with van der Waals surface area (Å²) in [6, 6.07) is 13.8. The third-order valence-corrected chi connectivity index (χ3v) is 3.53. The molecule has 112 valence electrons. The standard InChI is InChI=1S/C15H12IN3O3/c16-13-7-5-11(6-8-13)10-17-18-15(20)9-12-3-1-2-4-14(12)19(21)22/h1-8,10H,9H2,(H,18,20). The molecule has 0 saturated carbocycles. The van der Waals surface area contributed by atoms with E-state index >= 15 is 0 Å². The van der Waals surface area contributed by atoms with Crippen molar-refractivity contribution in [1.29, 1.82) is 0 Å². The van der Waals surface area contributed by atoms with Crippen molar-refractivity contribution < 1.29 is 9.72 Å². The molecule has 0 heterocycles. The predicted octanol–water partition coefficient (Wildman–Crippen LogP) is 2.89. The van der Waals surface area contributed by atoms with E-state index in [1.807, 2.05) is 24.3 Å². The van der Waals surface area contributed by atoms with Gasteiger partial charge in [-0.2, -0.15) is 5.10 Å². The van der Waals surface area contributed by atoms with Gasteiger partial charge in [-0.1, -0.05) is 30.3 Å². The molecule has 0 fully saturated rings. The Kier molecular flexibility index (Phi) is 5.59. The Morgan fingerprint density at radius 1 is 1.23 bits per heavy atom. The minimum atomic E-state index is -0.503. The molecule has 7 heteroatoms. The number of hydrogen-bond donors (Lipinski definition) is 1. The summed E-state index contributed by atoms with van der Waals surface area (Å²) < 4.78 is 1.11. The molecule has 0 aliphatic heterocycles. The van der Waals surface area contributed by atoms with Crippen LogP contribution < -0.4 is 5.43 Å². The van der Waals surface area contributed by atoms with Crippen LogP contribution >= 0.6 is 22.6 Å². The fraction of sp³-hybridized carbons (Fsp3) is 0.0667. The van der Waals surface area contributed by atoms with Gasteiger partial charge >= 0.3 is 0 Å². The molecule has 0 unspecified atom stereocenters. The second-order valence-corrected chi connectivity index (χ2v) is 5.65. The normalized spacial score (nSPS) is 10.6.